The number of methoxy groups -OCH3 is 1. The Bertz CT molecular complexity index is 904. The van der Waals surface area contributed by atoms with E-state index in [0.29, 0.717) is 0 Å². The first-order chi connectivity index (χ1) is 11.6. The minimum absolute atomic E-state index is 0.853. The highest BCUT2D eigenvalue weighted by Gasteiger charge is 2.22. The van der Waals surface area contributed by atoms with Crippen molar-refractivity contribution >= 4 is 11.8 Å². The van der Waals surface area contributed by atoms with Gasteiger partial charge in [0.05, 0.1) is 12.8 Å². The van der Waals surface area contributed by atoms with Gasteiger partial charge < -0.3 is 4.74 Å². The SMILES string of the molecule is COC1=CC(C2=Cc3ccccc3C2)=N/C1=C\C1=C(C)C=C(C)C1. The number of rotatable bonds is 3. The van der Waals surface area contributed by atoms with Gasteiger partial charge in [-0.15, -0.1) is 0 Å². The van der Waals surface area contributed by atoms with Crippen LogP contribution in [0.3, 0.4) is 0 Å². The third-order valence-electron chi connectivity index (χ3n) is 4.83. The van der Waals surface area contributed by atoms with Crippen molar-refractivity contribution in [1.29, 1.82) is 0 Å². The molecule has 0 amide bonds. The zero-order chi connectivity index (χ0) is 16.7. The zero-order valence-corrected chi connectivity index (χ0v) is 14.4. The van der Waals surface area contributed by atoms with Crippen molar-refractivity contribution in [2.24, 2.45) is 4.99 Å². The number of aliphatic imine (C=N–C) groups is 1. The standard InChI is InChI=1S/C22H21NO/c1-14-8-15(2)18(9-14)12-21-22(24-3)13-20(23-21)19-10-16-6-4-5-7-17(16)11-19/h4-8,10,12-13H,9,11H2,1-3H3/b21-12-. The van der Waals surface area contributed by atoms with Gasteiger partial charge in [-0.1, -0.05) is 35.9 Å². The van der Waals surface area contributed by atoms with E-state index in [2.05, 4.69) is 62.4 Å². The lowest BCUT2D eigenvalue weighted by Crippen LogP contribution is -1.96. The van der Waals surface area contributed by atoms with Crippen molar-refractivity contribution in [2.75, 3.05) is 7.11 Å². The molecule has 120 valence electrons. The Morgan fingerprint density at radius 3 is 2.58 bits per heavy atom. The molecular formula is C22H21NO. The Morgan fingerprint density at radius 1 is 1.04 bits per heavy atom. The van der Waals surface area contributed by atoms with Crippen LogP contribution in [0.1, 0.15) is 31.4 Å². The van der Waals surface area contributed by atoms with E-state index in [1.54, 1.807) is 7.11 Å². The summed E-state index contributed by atoms with van der Waals surface area (Å²) in [4.78, 5) is 4.86. The van der Waals surface area contributed by atoms with E-state index < -0.39 is 0 Å². The summed E-state index contributed by atoms with van der Waals surface area (Å²) in [7, 11) is 1.72. The largest absolute Gasteiger partial charge is 0.494 e. The van der Waals surface area contributed by atoms with Crippen LogP contribution in [0.25, 0.3) is 6.08 Å². The number of nitrogens with zero attached hydrogens (tertiary/aromatic N) is 1. The summed E-state index contributed by atoms with van der Waals surface area (Å²) in [5, 5.41) is 0. The molecule has 1 aromatic carbocycles. The van der Waals surface area contributed by atoms with E-state index in [1.165, 1.54) is 33.4 Å². The van der Waals surface area contributed by atoms with Gasteiger partial charge in [0.1, 0.15) is 11.5 Å². The fourth-order valence-corrected chi connectivity index (χ4v) is 3.57. The van der Waals surface area contributed by atoms with Gasteiger partial charge in [0.25, 0.3) is 0 Å². The Balaban J connectivity index is 1.65. The van der Waals surface area contributed by atoms with Crippen LogP contribution in [0.4, 0.5) is 0 Å². The highest BCUT2D eigenvalue weighted by Crippen LogP contribution is 2.33. The third-order valence-corrected chi connectivity index (χ3v) is 4.83. The summed E-state index contributed by atoms with van der Waals surface area (Å²) in [6, 6.07) is 8.53. The van der Waals surface area contributed by atoms with Gasteiger partial charge in [-0.2, -0.15) is 0 Å². The summed E-state index contributed by atoms with van der Waals surface area (Å²) in [6.45, 7) is 4.33. The number of fused-ring (bicyclic) bond motifs is 1. The van der Waals surface area contributed by atoms with E-state index in [9.17, 15) is 0 Å². The van der Waals surface area contributed by atoms with Crippen molar-refractivity contribution in [2.45, 2.75) is 26.7 Å². The second-order valence-electron chi connectivity index (χ2n) is 6.66. The molecule has 4 rings (SSSR count). The second-order valence-corrected chi connectivity index (χ2v) is 6.66. The van der Waals surface area contributed by atoms with Crippen LogP contribution < -0.4 is 0 Å². The van der Waals surface area contributed by atoms with Crippen molar-refractivity contribution in [3.8, 4) is 0 Å². The molecule has 3 aliphatic rings. The smallest absolute Gasteiger partial charge is 0.146 e. The second kappa shape index (κ2) is 5.79. The number of hydrogen-bond donors (Lipinski definition) is 0. The van der Waals surface area contributed by atoms with Gasteiger partial charge in [0.2, 0.25) is 0 Å². The van der Waals surface area contributed by atoms with Crippen LogP contribution in [-0.4, -0.2) is 12.8 Å². The molecule has 2 nitrogen and oxygen atoms in total. The van der Waals surface area contributed by atoms with Crippen molar-refractivity contribution in [3.63, 3.8) is 0 Å². The molecule has 0 unspecified atom stereocenters. The molecular weight excluding hydrogens is 294 g/mol. The Hall–Kier alpha value is -2.61. The van der Waals surface area contributed by atoms with Crippen LogP contribution >= 0.6 is 0 Å². The molecule has 2 heteroatoms. The summed E-state index contributed by atoms with van der Waals surface area (Å²) in [5.41, 5.74) is 9.95. The maximum absolute atomic E-state index is 5.57. The first kappa shape index (κ1) is 14.9. The average Bonchev–Trinajstić information content (AvgIpc) is 3.24. The average molecular weight is 315 g/mol. The zero-order valence-electron chi connectivity index (χ0n) is 14.4. The quantitative estimate of drug-likeness (QED) is 0.755. The lowest BCUT2D eigenvalue weighted by molar-refractivity contribution is 0.302. The highest BCUT2D eigenvalue weighted by molar-refractivity contribution is 6.15. The van der Waals surface area contributed by atoms with Gasteiger partial charge >= 0.3 is 0 Å². The van der Waals surface area contributed by atoms with E-state index in [1.807, 2.05) is 0 Å². The molecule has 0 spiro atoms. The predicted octanol–water partition coefficient (Wildman–Crippen LogP) is 5.16. The van der Waals surface area contributed by atoms with Gasteiger partial charge in [0, 0.05) is 12.5 Å². The number of allylic oxidation sites excluding steroid dienone is 7. The fraction of sp³-hybridized carbons (Fsp3) is 0.227. The Morgan fingerprint density at radius 2 is 1.88 bits per heavy atom. The summed E-state index contributed by atoms with van der Waals surface area (Å²) in [6.07, 6.45) is 10.7. The number of benzene rings is 1. The molecule has 0 aromatic heterocycles. The van der Waals surface area contributed by atoms with Gasteiger partial charge in [-0.05, 0) is 60.3 Å². The van der Waals surface area contributed by atoms with Gasteiger partial charge in [0.15, 0.2) is 0 Å². The minimum atomic E-state index is 0.853. The number of hydrogen-bond acceptors (Lipinski definition) is 2. The van der Waals surface area contributed by atoms with E-state index >= 15 is 0 Å². The molecule has 0 fully saturated rings. The van der Waals surface area contributed by atoms with Crippen LogP contribution in [-0.2, 0) is 11.2 Å². The monoisotopic (exact) mass is 315 g/mol. The molecule has 0 radical (unpaired) electrons. The predicted molar refractivity (Wildman–Crippen MR) is 99.8 cm³/mol. The maximum Gasteiger partial charge on any atom is 0.146 e. The molecule has 0 N–H and O–H groups in total. The van der Waals surface area contributed by atoms with Crippen LogP contribution in [0.5, 0.6) is 0 Å². The van der Waals surface area contributed by atoms with Gasteiger partial charge in [-0.3, -0.25) is 0 Å². The molecule has 0 bridgehead atoms. The minimum Gasteiger partial charge on any atom is -0.494 e. The fourth-order valence-electron chi connectivity index (χ4n) is 3.57. The highest BCUT2D eigenvalue weighted by atomic mass is 16.5. The lowest BCUT2D eigenvalue weighted by atomic mass is 10.1. The van der Waals surface area contributed by atoms with E-state index in [0.717, 1.165) is 30.0 Å². The van der Waals surface area contributed by atoms with E-state index in [-0.39, 0.29) is 0 Å². The molecule has 2 aliphatic carbocycles. The molecule has 0 atom stereocenters. The molecule has 1 aliphatic heterocycles. The maximum atomic E-state index is 5.57. The molecule has 1 aromatic rings. The summed E-state index contributed by atoms with van der Waals surface area (Å²) < 4.78 is 5.57. The van der Waals surface area contributed by atoms with Gasteiger partial charge in [-0.25, -0.2) is 4.99 Å². The van der Waals surface area contributed by atoms with E-state index in [4.69, 9.17) is 9.73 Å². The topological polar surface area (TPSA) is 21.6 Å². The van der Waals surface area contributed by atoms with Crippen LogP contribution in [0.2, 0.25) is 0 Å². The molecule has 0 saturated heterocycles. The first-order valence-electron chi connectivity index (χ1n) is 8.36. The van der Waals surface area contributed by atoms with Crippen molar-refractivity contribution in [3.05, 3.63) is 87.4 Å². The first-order valence-corrected chi connectivity index (χ1v) is 8.36. The molecule has 24 heavy (non-hydrogen) atoms. The van der Waals surface area contributed by atoms with Crippen LogP contribution in [0.15, 0.2) is 81.2 Å². The molecule has 1 heterocycles. The summed E-state index contributed by atoms with van der Waals surface area (Å²) >= 11 is 0. The Labute approximate surface area is 143 Å². The van der Waals surface area contributed by atoms with Crippen molar-refractivity contribution in [1.82, 2.24) is 0 Å². The third kappa shape index (κ3) is 2.58. The molecule has 0 saturated carbocycles. The Kier molecular flexibility index (Phi) is 3.61. The number of ether oxygens (including phenoxy) is 1. The summed E-state index contributed by atoms with van der Waals surface area (Å²) in [5.74, 6) is 0.853. The van der Waals surface area contributed by atoms with Crippen molar-refractivity contribution < 1.29 is 4.74 Å². The lowest BCUT2D eigenvalue weighted by Gasteiger charge is -2.03. The van der Waals surface area contributed by atoms with Crippen LogP contribution in [0, 0.1) is 0 Å². The normalized spacial score (nSPS) is 20.9.